The molecule has 0 radical (unpaired) electrons. The van der Waals surface area contributed by atoms with Crippen LogP contribution >= 0.6 is 0 Å². The monoisotopic (exact) mass is 472 g/mol. The SMILES string of the molecule is COc1cccc(CN(CC(=O)O)C(=O)[C@H]2Cc3ccccc3CN2C(=O)c2ccc(C)cc2)c1. The van der Waals surface area contributed by atoms with Gasteiger partial charge in [-0.15, -0.1) is 0 Å². The van der Waals surface area contributed by atoms with Gasteiger partial charge in [-0.1, -0.05) is 54.1 Å². The van der Waals surface area contributed by atoms with Crippen molar-refractivity contribution in [3.63, 3.8) is 0 Å². The molecular formula is C28H28N2O5. The molecule has 1 atom stereocenters. The molecule has 0 fully saturated rings. The molecule has 35 heavy (non-hydrogen) atoms. The topological polar surface area (TPSA) is 87.2 Å². The van der Waals surface area contributed by atoms with Gasteiger partial charge in [-0.25, -0.2) is 0 Å². The van der Waals surface area contributed by atoms with Crippen LogP contribution in [0.4, 0.5) is 0 Å². The summed E-state index contributed by atoms with van der Waals surface area (Å²) in [5.74, 6) is -1.15. The predicted octanol–water partition coefficient (Wildman–Crippen LogP) is 3.68. The van der Waals surface area contributed by atoms with Gasteiger partial charge in [0.25, 0.3) is 5.91 Å². The fraction of sp³-hybridized carbons (Fsp3) is 0.250. The number of fused-ring (bicyclic) bond motifs is 1. The number of rotatable bonds is 7. The zero-order valence-corrected chi connectivity index (χ0v) is 19.8. The van der Waals surface area contributed by atoms with E-state index in [0.717, 1.165) is 22.3 Å². The molecule has 0 bridgehead atoms. The molecule has 0 aromatic heterocycles. The van der Waals surface area contributed by atoms with Gasteiger partial charge >= 0.3 is 5.97 Å². The van der Waals surface area contributed by atoms with E-state index in [-0.39, 0.29) is 19.0 Å². The average Bonchev–Trinajstić information content (AvgIpc) is 2.87. The Labute approximate surface area is 204 Å². The minimum Gasteiger partial charge on any atom is -0.497 e. The minimum absolute atomic E-state index is 0.0903. The highest BCUT2D eigenvalue weighted by Gasteiger charge is 2.37. The zero-order valence-electron chi connectivity index (χ0n) is 19.8. The molecule has 0 spiro atoms. The number of hydrogen-bond acceptors (Lipinski definition) is 4. The zero-order chi connectivity index (χ0) is 24.9. The molecule has 1 aliphatic rings. The molecule has 0 unspecified atom stereocenters. The van der Waals surface area contributed by atoms with Gasteiger partial charge in [0.2, 0.25) is 5.91 Å². The quantitative estimate of drug-likeness (QED) is 0.567. The smallest absolute Gasteiger partial charge is 0.323 e. The third-order valence-electron chi connectivity index (χ3n) is 6.24. The van der Waals surface area contributed by atoms with Crippen LogP contribution in [-0.2, 0) is 29.1 Å². The van der Waals surface area contributed by atoms with Crippen LogP contribution in [0.1, 0.15) is 32.6 Å². The summed E-state index contributed by atoms with van der Waals surface area (Å²) in [4.78, 5) is 41.9. The molecule has 180 valence electrons. The van der Waals surface area contributed by atoms with Gasteiger partial charge in [-0.3, -0.25) is 14.4 Å². The Morgan fingerprint density at radius 3 is 2.40 bits per heavy atom. The highest BCUT2D eigenvalue weighted by atomic mass is 16.5. The van der Waals surface area contributed by atoms with E-state index in [0.29, 0.717) is 17.7 Å². The number of carboxylic acid groups (broad SMARTS) is 1. The van der Waals surface area contributed by atoms with Crippen LogP contribution in [0.2, 0.25) is 0 Å². The summed E-state index contributed by atoms with van der Waals surface area (Å²) in [7, 11) is 1.55. The van der Waals surface area contributed by atoms with Crippen molar-refractivity contribution < 1.29 is 24.2 Å². The Hall–Kier alpha value is -4.13. The number of aliphatic carboxylic acids is 1. The van der Waals surface area contributed by atoms with Crippen molar-refractivity contribution in [1.82, 2.24) is 9.80 Å². The van der Waals surface area contributed by atoms with E-state index in [1.807, 2.05) is 49.4 Å². The van der Waals surface area contributed by atoms with Crippen LogP contribution in [0.3, 0.4) is 0 Å². The van der Waals surface area contributed by atoms with Crippen molar-refractivity contribution in [3.8, 4) is 5.75 Å². The molecular weight excluding hydrogens is 444 g/mol. The van der Waals surface area contributed by atoms with Crippen LogP contribution in [0.5, 0.6) is 5.75 Å². The molecule has 1 aliphatic heterocycles. The van der Waals surface area contributed by atoms with Crippen molar-refractivity contribution in [3.05, 3.63) is 101 Å². The standard InChI is InChI=1S/C28H28N2O5/c1-19-10-12-21(13-11-19)27(33)30-17-23-8-4-3-7-22(23)15-25(30)28(34)29(18-26(31)32)16-20-6-5-9-24(14-20)35-2/h3-14,25H,15-18H2,1-2H3,(H,31,32)/t25-/m1/s1. The normalized spacial score (nSPS) is 14.7. The largest absolute Gasteiger partial charge is 0.497 e. The highest BCUT2D eigenvalue weighted by Crippen LogP contribution is 2.27. The maximum atomic E-state index is 13.8. The summed E-state index contributed by atoms with van der Waals surface area (Å²) >= 11 is 0. The van der Waals surface area contributed by atoms with Crippen molar-refractivity contribution in [1.29, 1.82) is 0 Å². The molecule has 0 aliphatic carbocycles. The van der Waals surface area contributed by atoms with Crippen molar-refractivity contribution in [2.75, 3.05) is 13.7 Å². The fourth-order valence-corrected chi connectivity index (χ4v) is 4.40. The van der Waals surface area contributed by atoms with Gasteiger partial charge in [0.05, 0.1) is 7.11 Å². The number of amides is 2. The van der Waals surface area contributed by atoms with E-state index in [1.165, 1.54) is 4.90 Å². The van der Waals surface area contributed by atoms with Crippen molar-refractivity contribution in [2.45, 2.75) is 32.5 Å². The molecule has 1 N–H and O–H groups in total. The Bertz CT molecular complexity index is 1240. The first kappa shape index (κ1) is 24.0. The third-order valence-corrected chi connectivity index (χ3v) is 6.24. The fourth-order valence-electron chi connectivity index (χ4n) is 4.40. The molecule has 0 saturated heterocycles. The molecule has 7 nitrogen and oxygen atoms in total. The van der Waals surface area contributed by atoms with Gasteiger partial charge < -0.3 is 19.6 Å². The Morgan fingerprint density at radius 2 is 1.71 bits per heavy atom. The second kappa shape index (κ2) is 10.4. The van der Waals surface area contributed by atoms with Crippen LogP contribution in [0.25, 0.3) is 0 Å². The lowest BCUT2D eigenvalue weighted by atomic mass is 9.92. The second-order valence-electron chi connectivity index (χ2n) is 8.73. The van der Waals surface area contributed by atoms with Gasteiger partial charge in [-0.2, -0.15) is 0 Å². The lowest BCUT2D eigenvalue weighted by molar-refractivity contribution is -0.147. The second-order valence-corrected chi connectivity index (χ2v) is 8.73. The first-order valence-electron chi connectivity index (χ1n) is 11.4. The lowest BCUT2D eigenvalue weighted by Crippen LogP contribution is -2.54. The first-order valence-corrected chi connectivity index (χ1v) is 11.4. The number of nitrogens with zero attached hydrogens (tertiary/aromatic N) is 2. The van der Waals surface area contributed by atoms with Crippen molar-refractivity contribution in [2.24, 2.45) is 0 Å². The van der Waals surface area contributed by atoms with Crippen molar-refractivity contribution >= 4 is 17.8 Å². The Balaban J connectivity index is 1.68. The highest BCUT2D eigenvalue weighted by molar-refractivity contribution is 5.98. The lowest BCUT2D eigenvalue weighted by Gasteiger charge is -2.38. The van der Waals surface area contributed by atoms with E-state index in [9.17, 15) is 19.5 Å². The number of carbonyl (C=O) groups is 3. The molecule has 7 heteroatoms. The number of carbonyl (C=O) groups excluding carboxylic acids is 2. The van der Waals surface area contributed by atoms with Gasteiger partial charge in [0.15, 0.2) is 0 Å². The van der Waals surface area contributed by atoms with Gasteiger partial charge in [0.1, 0.15) is 18.3 Å². The van der Waals surface area contributed by atoms with E-state index in [1.54, 1.807) is 42.3 Å². The van der Waals surface area contributed by atoms with E-state index in [2.05, 4.69) is 0 Å². The summed E-state index contributed by atoms with van der Waals surface area (Å²) in [6, 6.07) is 21.3. The molecule has 0 saturated carbocycles. The average molecular weight is 473 g/mol. The summed E-state index contributed by atoms with van der Waals surface area (Å²) < 4.78 is 5.27. The number of methoxy groups -OCH3 is 1. The minimum atomic E-state index is -1.12. The van der Waals surface area contributed by atoms with E-state index < -0.39 is 24.5 Å². The summed E-state index contributed by atoms with van der Waals surface area (Å²) in [5, 5.41) is 9.55. The van der Waals surface area contributed by atoms with Crippen LogP contribution < -0.4 is 4.74 Å². The van der Waals surface area contributed by atoms with Crippen LogP contribution in [0, 0.1) is 6.92 Å². The summed E-state index contributed by atoms with van der Waals surface area (Å²) in [6.07, 6.45) is 0.320. The first-order chi connectivity index (χ1) is 16.9. The van der Waals surface area contributed by atoms with E-state index in [4.69, 9.17) is 4.74 Å². The summed E-state index contributed by atoms with van der Waals surface area (Å²) in [6.45, 7) is 1.84. The van der Waals surface area contributed by atoms with Gasteiger partial charge in [-0.05, 0) is 47.9 Å². The van der Waals surface area contributed by atoms with Crippen LogP contribution in [0.15, 0.2) is 72.8 Å². The predicted molar refractivity (Wildman–Crippen MR) is 131 cm³/mol. The number of aryl methyl sites for hydroxylation is 1. The summed E-state index contributed by atoms with van der Waals surface area (Å²) in [5.41, 5.74) is 4.23. The van der Waals surface area contributed by atoms with Gasteiger partial charge in [0, 0.05) is 25.1 Å². The number of carboxylic acids is 1. The maximum Gasteiger partial charge on any atom is 0.323 e. The number of benzene rings is 3. The molecule has 2 amide bonds. The number of ether oxygens (including phenoxy) is 1. The van der Waals surface area contributed by atoms with Crippen LogP contribution in [-0.4, -0.2) is 52.4 Å². The third kappa shape index (κ3) is 5.51. The maximum absolute atomic E-state index is 13.8. The molecule has 3 aromatic rings. The Morgan fingerprint density at radius 1 is 1.00 bits per heavy atom. The van der Waals surface area contributed by atoms with E-state index >= 15 is 0 Å². The molecule has 1 heterocycles. The number of hydrogen-bond donors (Lipinski definition) is 1. The molecule has 3 aromatic carbocycles. The Kier molecular flexibility index (Phi) is 7.15. The molecule has 4 rings (SSSR count).